The van der Waals surface area contributed by atoms with Gasteiger partial charge in [-0.3, -0.25) is 0 Å². The predicted molar refractivity (Wildman–Crippen MR) is 50.8 cm³/mol. The predicted octanol–water partition coefficient (Wildman–Crippen LogP) is 3.85. The third-order valence-electron chi connectivity index (χ3n) is 1.90. The largest absolute Gasteiger partial charge is 0.573 e. The van der Waals surface area contributed by atoms with E-state index in [1.807, 2.05) is 0 Å². The van der Waals surface area contributed by atoms with Gasteiger partial charge in [0.2, 0.25) is 0 Å². The van der Waals surface area contributed by atoms with Crippen LogP contribution in [0.25, 0.3) is 11.3 Å². The Balaban J connectivity index is 2.39. The standard InChI is InChI=1S/C11H7F3O2/c12-11(13,14)16-10-5-2-1-4-8(10)9-6-3-7-15-9/h1-7H. The fraction of sp³-hybridized carbons (Fsp3) is 0.0909. The molecule has 0 radical (unpaired) electrons. The normalized spacial score (nSPS) is 11.4. The molecule has 1 heterocycles. The number of ether oxygens (including phenoxy) is 1. The van der Waals surface area contributed by atoms with Crippen molar-refractivity contribution in [2.45, 2.75) is 6.36 Å². The van der Waals surface area contributed by atoms with E-state index in [0.29, 0.717) is 5.76 Å². The van der Waals surface area contributed by atoms with E-state index in [2.05, 4.69) is 4.74 Å². The highest BCUT2D eigenvalue weighted by molar-refractivity contribution is 5.65. The van der Waals surface area contributed by atoms with Gasteiger partial charge in [0.25, 0.3) is 0 Å². The fourth-order valence-corrected chi connectivity index (χ4v) is 1.32. The number of halogens is 3. The molecule has 5 heteroatoms. The molecule has 0 saturated carbocycles. The number of alkyl halides is 3. The smallest absolute Gasteiger partial charge is 0.464 e. The lowest BCUT2D eigenvalue weighted by Gasteiger charge is -2.11. The van der Waals surface area contributed by atoms with Gasteiger partial charge in [-0.15, -0.1) is 13.2 Å². The number of benzene rings is 1. The van der Waals surface area contributed by atoms with E-state index in [0.717, 1.165) is 0 Å². The van der Waals surface area contributed by atoms with Crippen LogP contribution in [-0.2, 0) is 0 Å². The Morgan fingerprint density at radius 3 is 2.38 bits per heavy atom. The highest BCUT2D eigenvalue weighted by Gasteiger charge is 2.32. The van der Waals surface area contributed by atoms with Crippen molar-refractivity contribution in [2.24, 2.45) is 0 Å². The van der Waals surface area contributed by atoms with Crippen molar-refractivity contribution in [2.75, 3.05) is 0 Å². The molecule has 0 spiro atoms. The monoisotopic (exact) mass is 228 g/mol. The second-order valence-electron chi connectivity index (χ2n) is 3.02. The number of para-hydroxylation sites is 1. The maximum Gasteiger partial charge on any atom is 0.573 e. The molecule has 2 aromatic rings. The van der Waals surface area contributed by atoms with Crippen molar-refractivity contribution >= 4 is 0 Å². The number of furan rings is 1. The maximum atomic E-state index is 12.1. The Morgan fingerprint density at radius 2 is 1.75 bits per heavy atom. The average Bonchev–Trinajstić information content (AvgIpc) is 2.69. The summed E-state index contributed by atoms with van der Waals surface area (Å²) in [5.41, 5.74) is 0.268. The van der Waals surface area contributed by atoms with Crippen LogP contribution < -0.4 is 4.74 Å². The Hall–Kier alpha value is -1.91. The molecule has 0 bridgehead atoms. The summed E-state index contributed by atoms with van der Waals surface area (Å²) < 4.78 is 45.3. The Labute approximate surface area is 89.3 Å². The van der Waals surface area contributed by atoms with E-state index < -0.39 is 6.36 Å². The molecule has 2 rings (SSSR count). The van der Waals surface area contributed by atoms with Crippen LogP contribution in [0.15, 0.2) is 47.1 Å². The van der Waals surface area contributed by atoms with E-state index >= 15 is 0 Å². The van der Waals surface area contributed by atoms with Crippen LogP contribution in [0, 0.1) is 0 Å². The van der Waals surface area contributed by atoms with Gasteiger partial charge in [-0.1, -0.05) is 12.1 Å². The van der Waals surface area contributed by atoms with Gasteiger partial charge in [0.1, 0.15) is 11.5 Å². The summed E-state index contributed by atoms with van der Waals surface area (Å²) in [5, 5.41) is 0. The van der Waals surface area contributed by atoms with Crippen LogP contribution in [0.5, 0.6) is 5.75 Å². The van der Waals surface area contributed by atoms with Crippen LogP contribution in [0.2, 0.25) is 0 Å². The Bertz CT molecular complexity index is 460. The molecule has 0 N–H and O–H groups in total. The molecule has 0 fully saturated rings. The van der Waals surface area contributed by atoms with Gasteiger partial charge in [-0.2, -0.15) is 0 Å². The summed E-state index contributed by atoms with van der Waals surface area (Å²) in [5.74, 6) is 0.0600. The van der Waals surface area contributed by atoms with Crippen molar-refractivity contribution < 1.29 is 22.3 Å². The van der Waals surface area contributed by atoms with Gasteiger partial charge in [0.05, 0.1) is 11.8 Å². The zero-order chi connectivity index (χ0) is 11.6. The molecule has 0 saturated heterocycles. The SMILES string of the molecule is FC(F)(F)Oc1ccccc1-c1ccco1. The van der Waals surface area contributed by atoms with Crippen molar-refractivity contribution in [3.8, 4) is 17.1 Å². The first-order chi connectivity index (χ1) is 7.56. The van der Waals surface area contributed by atoms with Crippen LogP contribution in [0.4, 0.5) is 13.2 Å². The molecule has 0 aliphatic carbocycles. The van der Waals surface area contributed by atoms with Crippen LogP contribution in [-0.4, -0.2) is 6.36 Å². The summed E-state index contributed by atoms with van der Waals surface area (Å²) in [4.78, 5) is 0. The van der Waals surface area contributed by atoms with Gasteiger partial charge in [0.15, 0.2) is 0 Å². The summed E-state index contributed by atoms with van der Waals surface area (Å²) >= 11 is 0. The Morgan fingerprint density at radius 1 is 1.00 bits per heavy atom. The van der Waals surface area contributed by atoms with E-state index in [9.17, 15) is 13.2 Å². The molecular formula is C11H7F3O2. The van der Waals surface area contributed by atoms with Crippen molar-refractivity contribution in [1.29, 1.82) is 0 Å². The molecule has 0 atom stereocenters. The number of rotatable bonds is 2. The minimum absolute atomic E-state index is 0.268. The molecule has 1 aromatic heterocycles. The second kappa shape index (κ2) is 3.92. The lowest BCUT2D eigenvalue weighted by molar-refractivity contribution is -0.274. The third kappa shape index (κ3) is 2.36. The zero-order valence-electron chi connectivity index (χ0n) is 7.99. The first-order valence-corrected chi connectivity index (χ1v) is 4.45. The summed E-state index contributed by atoms with van der Waals surface area (Å²) in [6.07, 6.45) is -3.32. The summed E-state index contributed by atoms with van der Waals surface area (Å²) in [6.45, 7) is 0. The molecule has 0 aliphatic heterocycles. The van der Waals surface area contributed by atoms with Crippen LogP contribution in [0.1, 0.15) is 0 Å². The number of hydrogen-bond acceptors (Lipinski definition) is 2. The lowest BCUT2D eigenvalue weighted by atomic mass is 10.1. The highest BCUT2D eigenvalue weighted by Crippen LogP contribution is 2.33. The topological polar surface area (TPSA) is 22.4 Å². The minimum Gasteiger partial charge on any atom is -0.464 e. The van der Waals surface area contributed by atoms with Crippen molar-refractivity contribution in [3.05, 3.63) is 42.7 Å². The molecule has 2 nitrogen and oxygen atoms in total. The summed E-state index contributed by atoms with van der Waals surface area (Å²) in [7, 11) is 0. The van der Waals surface area contributed by atoms with Crippen LogP contribution >= 0.6 is 0 Å². The molecule has 0 aliphatic rings. The van der Waals surface area contributed by atoms with Gasteiger partial charge in [-0.25, -0.2) is 0 Å². The van der Waals surface area contributed by atoms with Gasteiger partial charge >= 0.3 is 6.36 Å². The van der Waals surface area contributed by atoms with E-state index in [-0.39, 0.29) is 11.3 Å². The zero-order valence-corrected chi connectivity index (χ0v) is 7.99. The lowest BCUT2D eigenvalue weighted by Crippen LogP contribution is -2.17. The molecule has 0 unspecified atom stereocenters. The van der Waals surface area contributed by atoms with Crippen molar-refractivity contribution in [3.63, 3.8) is 0 Å². The average molecular weight is 228 g/mol. The van der Waals surface area contributed by atoms with Gasteiger partial charge < -0.3 is 9.15 Å². The van der Waals surface area contributed by atoms with Gasteiger partial charge in [0, 0.05) is 0 Å². The Kier molecular flexibility index (Phi) is 2.60. The second-order valence-corrected chi connectivity index (χ2v) is 3.02. The molecule has 84 valence electrons. The molecule has 0 amide bonds. The van der Waals surface area contributed by atoms with E-state index in [4.69, 9.17) is 4.42 Å². The third-order valence-corrected chi connectivity index (χ3v) is 1.90. The first kappa shape index (κ1) is 10.6. The number of hydrogen-bond donors (Lipinski definition) is 0. The maximum absolute atomic E-state index is 12.1. The van der Waals surface area contributed by atoms with E-state index in [1.54, 1.807) is 18.2 Å². The highest BCUT2D eigenvalue weighted by atomic mass is 19.4. The van der Waals surface area contributed by atoms with Crippen LogP contribution in [0.3, 0.4) is 0 Å². The van der Waals surface area contributed by atoms with E-state index in [1.165, 1.54) is 24.5 Å². The minimum atomic E-state index is -4.71. The molecule has 16 heavy (non-hydrogen) atoms. The fourth-order valence-electron chi connectivity index (χ4n) is 1.32. The quantitative estimate of drug-likeness (QED) is 0.779. The van der Waals surface area contributed by atoms with Gasteiger partial charge in [-0.05, 0) is 24.3 Å². The first-order valence-electron chi connectivity index (χ1n) is 4.45. The molecule has 1 aromatic carbocycles. The van der Waals surface area contributed by atoms with Crippen molar-refractivity contribution in [1.82, 2.24) is 0 Å². The summed E-state index contributed by atoms with van der Waals surface area (Å²) in [6, 6.07) is 8.98. The molecular weight excluding hydrogens is 221 g/mol.